The number of halogens is 2. The number of hydrogen-bond donors (Lipinski definition) is 3. The maximum absolute atomic E-state index is 15.5. The van der Waals surface area contributed by atoms with E-state index in [1.165, 1.54) is 0 Å². The molecule has 1 spiro atoms. The molecule has 15 rings (SSSR count). The summed E-state index contributed by atoms with van der Waals surface area (Å²) in [6.45, 7) is 12.1. The minimum atomic E-state index is -6.21. The molecule has 2 aromatic rings. The quantitative estimate of drug-likeness (QED) is 0.110. The Kier molecular flexibility index (Phi) is 11.7. The molecular weight excluding hydrogens is 987 g/mol. The Morgan fingerprint density at radius 3 is 1.53 bits per heavy atom. The van der Waals surface area contributed by atoms with Crippen LogP contribution < -0.4 is 0 Å². The van der Waals surface area contributed by atoms with Gasteiger partial charge < -0.3 is 33.9 Å². The number of carbonyl (C=O) groups excluding carboxylic acids is 3. The van der Waals surface area contributed by atoms with Crippen molar-refractivity contribution in [3.8, 4) is 11.1 Å². The first-order valence-corrected chi connectivity index (χ1v) is 29.2. The number of ether oxygens (including phenoxy) is 5. The third-order valence-corrected chi connectivity index (χ3v) is 21.7. The maximum Gasteiger partial charge on any atom is 0.465 e. The average molecular weight is 1060 g/mol. The van der Waals surface area contributed by atoms with Crippen LogP contribution in [0.2, 0.25) is 0 Å². The van der Waals surface area contributed by atoms with Crippen molar-refractivity contribution in [1.29, 1.82) is 0 Å². The Hall–Kier alpha value is -3.54. The summed E-state index contributed by atoms with van der Waals surface area (Å²) in [6.07, 6.45) is 8.91. The summed E-state index contributed by atoms with van der Waals surface area (Å²) in [6, 6.07) is 14.4. The van der Waals surface area contributed by atoms with Crippen LogP contribution in [0, 0.1) is 57.7 Å². The van der Waals surface area contributed by atoms with E-state index in [0.717, 1.165) is 40.7 Å². The average Bonchev–Trinajstić information content (AvgIpc) is 3.29. The first-order chi connectivity index (χ1) is 34.9. The summed E-state index contributed by atoms with van der Waals surface area (Å²) >= 11 is 0. The van der Waals surface area contributed by atoms with Gasteiger partial charge in [0.25, 0.3) is 0 Å². The fourth-order valence-corrected chi connectivity index (χ4v) is 18.7. The van der Waals surface area contributed by atoms with E-state index < -0.39 is 77.9 Å². The van der Waals surface area contributed by atoms with Gasteiger partial charge in [-0.3, -0.25) is 14.1 Å². The van der Waals surface area contributed by atoms with Gasteiger partial charge in [0.15, 0.2) is 5.79 Å². The van der Waals surface area contributed by atoms with Crippen molar-refractivity contribution in [3.63, 3.8) is 0 Å². The molecule has 3 N–H and O–H groups in total. The molecule has 0 aromatic heterocycles. The van der Waals surface area contributed by atoms with Crippen LogP contribution in [0.25, 0.3) is 11.1 Å². The minimum absolute atomic E-state index is 0.0292. The van der Waals surface area contributed by atoms with E-state index in [2.05, 4.69) is 65.8 Å². The summed E-state index contributed by atoms with van der Waals surface area (Å²) in [7, 11) is -6.21. The lowest BCUT2D eigenvalue weighted by atomic mass is 9.45. The molecule has 16 heteroatoms. The molecule has 0 amide bonds. The molecule has 75 heavy (non-hydrogen) atoms. The molecule has 12 saturated carbocycles. The summed E-state index contributed by atoms with van der Waals surface area (Å²) in [4.78, 5) is 42.7. The fraction of sp³-hybridized carbons (Fsp3) is 0.746. The molecule has 1 saturated heterocycles. The van der Waals surface area contributed by atoms with E-state index in [4.69, 9.17) is 23.7 Å². The first kappa shape index (κ1) is 52.2. The molecule has 13 aliphatic rings. The van der Waals surface area contributed by atoms with Crippen LogP contribution >= 0.6 is 0 Å². The third kappa shape index (κ3) is 8.47. The highest BCUT2D eigenvalue weighted by atomic mass is 32.2. The van der Waals surface area contributed by atoms with Crippen molar-refractivity contribution in [2.75, 3.05) is 26.4 Å². The Morgan fingerprint density at radius 1 is 0.653 bits per heavy atom. The molecule has 13 nitrogen and oxygen atoms in total. The Balaban J connectivity index is 0.861. The molecule has 7 unspecified atom stereocenters. The summed E-state index contributed by atoms with van der Waals surface area (Å²) < 4.78 is 97.9. The molecule has 1 aliphatic heterocycles. The van der Waals surface area contributed by atoms with Crippen LogP contribution in [0.3, 0.4) is 0 Å². The largest absolute Gasteiger partial charge is 0.465 e. The van der Waals surface area contributed by atoms with Gasteiger partial charge in [0, 0.05) is 17.8 Å². The van der Waals surface area contributed by atoms with Crippen molar-refractivity contribution in [2.24, 2.45) is 57.7 Å². The zero-order valence-electron chi connectivity index (χ0n) is 44.4. The second kappa shape index (κ2) is 16.8. The number of rotatable bonds is 11. The lowest BCUT2D eigenvalue weighted by Crippen LogP contribution is -2.71. The van der Waals surface area contributed by atoms with Gasteiger partial charge in [-0.1, -0.05) is 84.0 Å². The summed E-state index contributed by atoms with van der Waals surface area (Å²) in [5, 5.41) is 17.8. The number of alkyl halides is 2. The van der Waals surface area contributed by atoms with Crippen molar-refractivity contribution < 1.29 is 70.0 Å². The van der Waals surface area contributed by atoms with Crippen LogP contribution in [0.5, 0.6) is 0 Å². The Bertz CT molecular complexity index is 2670. The zero-order chi connectivity index (χ0) is 53.4. The van der Waals surface area contributed by atoms with Gasteiger partial charge in [0.05, 0.1) is 40.7 Å². The van der Waals surface area contributed by atoms with E-state index in [0.29, 0.717) is 77.0 Å². The zero-order valence-corrected chi connectivity index (χ0v) is 45.2. The molecule has 0 radical (unpaired) electrons. The Labute approximate surface area is 439 Å². The van der Waals surface area contributed by atoms with Gasteiger partial charge in [-0.2, -0.15) is 17.2 Å². The highest BCUT2D eigenvalue weighted by molar-refractivity contribution is 7.87. The molecule has 13 fully saturated rings. The molecule has 2 aromatic carbocycles. The van der Waals surface area contributed by atoms with E-state index in [-0.39, 0.29) is 91.6 Å². The van der Waals surface area contributed by atoms with Crippen LogP contribution in [-0.4, -0.2) is 95.4 Å². The highest BCUT2D eigenvalue weighted by Gasteiger charge is 2.73. The normalized spacial score (nSPS) is 42.3. The topological polar surface area (TPSA) is 192 Å². The number of carbonyl (C=O) groups is 3. The number of aliphatic hydroxyl groups is 2. The third-order valence-electron chi connectivity index (χ3n) is 20.9. The Morgan fingerprint density at radius 2 is 1.11 bits per heavy atom. The number of esters is 3. The van der Waals surface area contributed by atoms with Crippen LogP contribution in [0.1, 0.15) is 167 Å². The van der Waals surface area contributed by atoms with Gasteiger partial charge in [-0.25, -0.2) is 4.79 Å². The van der Waals surface area contributed by atoms with Crippen molar-refractivity contribution >= 4 is 28.0 Å². The second-order valence-electron chi connectivity index (χ2n) is 28.7. The standard InChI is InChI=1S/C59H76F2O13S/c1-50(2,3)40-9-7-38(8-10-40)44-12-11-41(51(4,5)6)17-45(44)46-39-15-42-26-57(46,74-49(64)59(60,61)75(67,68)69)27-43(16-39)58(42)72-32-52(33-73-58,30-70-47(62)53-18-34-13-35(19-53)23-55(65,22-34)28-53)31-71-48(63)54-20-36-14-37(21-54)25-56(66,24-36)29-54/h7-12,17,34-37,39,42-43,46,65-66H,13-16,18-33H2,1-6H3,(H,67,68,69). The van der Waals surface area contributed by atoms with Gasteiger partial charge in [0.2, 0.25) is 0 Å². The molecule has 12 aliphatic carbocycles. The molecule has 7 atom stereocenters. The van der Waals surface area contributed by atoms with Crippen molar-refractivity contribution in [3.05, 3.63) is 59.2 Å². The van der Waals surface area contributed by atoms with Gasteiger partial charge >= 0.3 is 33.3 Å². The van der Waals surface area contributed by atoms with Gasteiger partial charge in [-0.05, 0) is 171 Å². The second-order valence-corrected chi connectivity index (χ2v) is 30.2. The smallest absolute Gasteiger partial charge is 0.464 e. The number of benzene rings is 2. The summed E-state index contributed by atoms with van der Waals surface area (Å²) in [5.74, 6) is -5.49. The van der Waals surface area contributed by atoms with Crippen LogP contribution in [0.4, 0.5) is 8.78 Å². The molecular formula is C59H76F2O13S. The lowest BCUT2D eigenvalue weighted by molar-refractivity contribution is -0.399. The fourth-order valence-electron chi connectivity index (χ4n) is 18.5. The van der Waals surface area contributed by atoms with Crippen LogP contribution in [0.15, 0.2) is 42.5 Å². The maximum atomic E-state index is 15.5. The van der Waals surface area contributed by atoms with Crippen molar-refractivity contribution in [2.45, 2.75) is 189 Å². The highest BCUT2D eigenvalue weighted by Crippen LogP contribution is 2.70. The lowest BCUT2D eigenvalue weighted by Gasteiger charge is -2.67. The van der Waals surface area contributed by atoms with Gasteiger partial charge in [0.1, 0.15) is 18.8 Å². The van der Waals surface area contributed by atoms with E-state index in [1.807, 2.05) is 18.2 Å². The van der Waals surface area contributed by atoms with Crippen molar-refractivity contribution in [1.82, 2.24) is 0 Å². The van der Waals surface area contributed by atoms with Gasteiger partial charge in [-0.15, -0.1) is 0 Å². The molecule has 1 heterocycles. The predicted octanol–water partition coefficient (Wildman–Crippen LogP) is 9.72. The number of hydrogen-bond acceptors (Lipinski definition) is 12. The van der Waals surface area contributed by atoms with E-state index >= 15 is 8.78 Å². The minimum Gasteiger partial charge on any atom is -0.464 e. The first-order valence-electron chi connectivity index (χ1n) is 27.8. The van der Waals surface area contributed by atoms with Crippen LogP contribution in [-0.2, 0) is 59.0 Å². The monoisotopic (exact) mass is 1060 g/mol. The summed E-state index contributed by atoms with van der Waals surface area (Å²) in [5.41, 5.74) is -2.16. The SMILES string of the molecule is CC(C)(C)c1ccc(-c2ccc(C(C)(C)C)cc2C2C3CC4CC2(OC(=O)C(F)(F)S(=O)(=O)O)CC(C3)C42OCC(COC(=O)C34CC5CC(CC(O)(C5)C3)C4)(COC(=O)C34CC5CC(CC(O)(C5)C3)C4)CO2)cc1. The van der Waals surface area contributed by atoms with E-state index in [1.54, 1.807) is 0 Å². The predicted molar refractivity (Wildman–Crippen MR) is 269 cm³/mol. The van der Waals surface area contributed by atoms with E-state index in [9.17, 15) is 37.6 Å². The molecule has 410 valence electrons. The molecule has 12 bridgehead atoms.